The van der Waals surface area contributed by atoms with Crippen molar-refractivity contribution in [1.82, 2.24) is 14.4 Å². The van der Waals surface area contributed by atoms with Crippen molar-refractivity contribution < 1.29 is 4.42 Å². The molecule has 0 saturated carbocycles. The molecule has 5 nitrogen and oxygen atoms in total. The summed E-state index contributed by atoms with van der Waals surface area (Å²) < 4.78 is 8.68. The van der Waals surface area contributed by atoms with Crippen LogP contribution in [0.4, 0.5) is 0 Å². The molecule has 0 amide bonds. The zero-order valence-electron chi connectivity index (χ0n) is 22.2. The first-order valence-corrected chi connectivity index (χ1v) is 13.8. The molecule has 4 aromatic heterocycles. The Morgan fingerprint density at radius 1 is 0.548 bits per heavy atom. The number of aromatic nitrogens is 3. The van der Waals surface area contributed by atoms with Gasteiger partial charge in [0.1, 0.15) is 23.2 Å². The van der Waals surface area contributed by atoms with Crippen LogP contribution in [-0.4, -0.2) is 14.4 Å². The van der Waals surface area contributed by atoms with Gasteiger partial charge in [-0.05, 0) is 51.9 Å². The molecule has 0 aliphatic heterocycles. The molecule has 0 spiro atoms. The van der Waals surface area contributed by atoms with Crippen LogP contribution in [0.2, 0.25) is 0 Å². The summed E-state index contributed by atoms with van der Waals surface area (Å²) in [5.74, 6) is 0.784. The minimum atomic E-state index is 0.324. The molecule has 5 aromatic carbocycles. The number of fused-ring (bicyclic) bond motifs is 10. The minimum Gasteiger partial charge on any atom is -0.437 e. The van der Waals surface area contributed by atoms with E-state index in [1.807, 2.05) is 18.2 Å². The van der Waals surface area contributed by atoms with Gasteiger partial charge in [-0.25, -0.2) is 9.97 Å². The number of pyridine rings is 1. The van der Waals surface area contributed by atoms with Gasteiger partial charge < -0.3 is 4.42 Å². The van der Waals surface area contributed by atoms with Crippen LogP contribution in [0.15, 0.2) is 126 Å². The lowest BCUT2D eigenvalue weighted by molar-refractivity contribution is 0.654. The Morgan fingerprint density at radius 2 is 1.17 bits per heavy atom. The molecule has 9 rings (SSSR count). The van der Waals surface area contributed by atoms with Gasteiger partial charge in [0.2, 0.25) is 5.71 Å². The monoisotopic (exact) mass is 536 g/mol. The van der Waals surface area contributed by atoms with E-state index < -0.39 is 0 Å². The first kappa shape index (κ1) is 22.8. The van der Waals surface area contributed by atoms with Crippen LogP contribution in [0.1, 0.15) is 5.69 Å². The van der Waals surface area contributed by atoms with Crippen molar-refractivity contribution in [3.8, 4) is 17.5 Å². The second-order valence-electron chi connectivity index (χ2n) is 10.5. The van der Waals surface area contributed by atoms with Crippen molar-refractivity contribution in [2.24, 2.45) is 0 Å². The summed E-state index contributed by atoms with van der Waals surface area (Å²) in [7, 11) is 0. The second-order valence-corrected chi connectivity index (χ2v) is 10.5. The first-order valence-electron chi connectivity index (χ1n) is 13.8. The number of benzene rings is 5. The predicted octanol–water partition coefficient (Wildman–Crippen LogP) is 9.34. The lowest BCUT2D eigenvalue weighted by atomic mass is 10.0. The highest BCUT2D eigenvalue weighted by molar-refractivity contribution is 6.21. The van der Waals surface area contributed by atoms with Crippen LogP contribution < -0.4 is 0 Å². The van der Waals surface area contributed by atoms with Crippen molar-refractivity contribution in [2.75, 3.05) is 0 Å². The summed E-state index contributed by atoms with van der Waals surface area (Å²) >= 11 is 0. The molecule has 0 N–H and O–H groups in total. The topological polar surface area (TPSA) is 67.1 Å². The maximum Gasteiger partial charge on any atom is 0.228 e. The number of hydrogen-bond donors (Lipinski definition) is 0. The van der Waals surface area contributed by atoms with Crippen LogP contribution in [0.25, 0.3) is 82.3 Å². The Labute approximate surface area is 239 Å². The Kier molecular flexibility index (Phi) is 4.61. The van der Waals surface area contributed by atoms with Crippen LogP contribution in [0.5, 0.6) is 0 Å². The maximum atomic E-state index is 9.42. The maximum absolute atomic E-state index is 9.42. The largest absolute Gasteiger partial charge is 0.437 e. The third kappa shape index (κ3) is 3.06. The third-order valence-electron chi connectivity index (χ3n) is 8.27. The summed E-state index contributed by atoms with van der Waals surface area (Å²) in [4.78, 5) is 9.73. The normalized spacial score (nSPS) is 11.8. The van der Waals surface area contributed by atoms with Crippen molar-refractivity contribution >= 4 is 70.9 Å². The zero-order chi connectivity index (χ0) is 27.8. The van der Waals surface area contributed by atoms with Crippen molar-refractivity contribution in [3.05, 3.63) is 127 Å². The fourth-order valence-electron chi connectivity index (χ4n) is 6.48. The predicted molar refractivity (Wildman–Crippen MR) is 169 cm³/mol. The van der Waals surface area contributed by atoms with Crippen LogP contribution in [0.3, 0.4) is 0 Å². The van der Waals surface area contributed by atoms with E-state index in [2.05, 4.69) is 113 Å². The molecule has 42 heavy (non-hydrogen) atoms. The van der Waals surface area contributed by atoms with Gasteiger partial charge in [-0.1, -0.05) is 91.0 Å². The number of para-hydroxylation sites is 3. The molecule has 0 fully saturated rings. The van der Waals surface area contributed by atoms with Crippen molar-refractivity contribution in [1.29, 1.82) is 5.26 Å². The number of imidazole rings is 1. The molecule has 9 aromatic rings. The summed E-state index contributed by atoms with van der Waals surface area (Å²) in [6.45, 7) is 0. The quantitative estimate of drug-likeness (QED) is 0.210. The van der Waals surface area contributed by atoms with Gasteiger partial charge in [0.05, 0.1) is 22.1 Å². The van der Waals surface area contributed by atoms with E-state index in [-0.39, 0.29) is 0 Å². The Bertz CT molecular complexity index is 2650. The molecule has 0 bridgehead atoms. The molecular formula is C37H20N4O. The molecule has 0 atom stereocenters. The van der Waals surface area contributed by atoms with Crippen LogP contribution >= 0.6 is 0 Å². The number of nitrogens with zero attached hydrogens (tertiary/aromatic N) is 4. The van der Waals surface area contributed by atoms with Crippen molar-refractivity contribution in [2.45, 2.75) is 0 Å². The van der Waals surface area contributed by atoms with Gasteiger partial charge in [-0.3, -0.25) is 4.40 Å². The number of hydrogen-bond acceptors (Lipinski definition) is 4. The molecule has 0 saturated heterocycles. The molecular weight excluding hydrogens is 516 g/mol. The standard InChI is InChI=1S/C37H20N4O/c38-21-22-19-20-30-29-15-7-16-31(35(29)42-37(30)39-22)36-40-32-17-8-14-28-26-12-4-2-10-24(26)23-9-1-3-11-25(23)27-13-5-6-18-33(27)41(36)34(28)32/h1-20H. The summed E-state index contributed by atoms with van der Waals surface area (Å²) in [6.07, 6.45) is 0. The van der Waals surface area contributed by atoms with Gasteiger partial charge in [-0.15, -0.1) is 0 Å². The number of nitriles is 1. The molecule has 0 aliphatic carbocycles. The van der Waals surface area contributed by atoms with Gasteiger partial charge in [-0.2, -0.15) is 5.26 Å². The van der Waals surface area contributed by atoms with Gasteiger partial charge >= 0.3 is 0 Å². The van der Waals surface area contributed by atoms with E-state index in [1.165, 1.54) is 10.8 Å². The molecule has 194 valence electrons. The summed E-state index contributed by atoms with van der Waals surface area (Å²) in [5.41, 5.74) is 5.31. The van der Waals surface area contributed by atoms with E-state index in [0.29, 0.717) is 17.0 Å². The first-order chi connectivity index (χ1) is 20.8. The summed E-state index contributed by atoms with van der Waals surface area (Å²) in [5, 5.41) is 18.2. The van der Waals surface area contributed by atoms with E-state index in [0.717, 1.165) is 60.3 Å². The Balaban J connectivity index is 1.58. The SMILES string of the molecule is N#Cc1ccc2c(n1)oc1c(-c3nc4cccc5c6ccccc6c6ccccc6c6ccccc6n3c45)cccc12. The average molecular weight is 537 g/mol. The number of rotatable bonds is 1. The highest BCUT2D eigenvalue weighted by atomic mass is 16.3. The lowest BCUT2D eigenvalue weighted by Crippen LogP contribution is -1.91. The third-order valence-corrected chi connectivity index (χ3v) is 8.27. The van der Waals surface area contributed by atoms with Gasteiger partial charge in [0.15, 0.2) is 0 Å². The molecule has 5 heteroatoms. The van der Waals surface area contributed by atoms with E-state index >= 15 is 0 Å². The number of furan rings is 1. The minimum absolute atomic E-state index is 0.324. The van der Waals surface area contributed by atoms with E-state index in [4.69, 9.17) is 9.40 Å². The second kappa shape index (κ2) is 8.50. The lowest BCUT2D eigenvalue weighted by Gasteiger charge is -2.06. The van der Waals surface area contributed by atoms with Gasteiger partial charge in [0.25, 0.3) is 0 Å². The fraction of sp³-hybridized carbons (Fsp3) is 0. The smallest absolute Gasteiger partial charge is 0.228 e. The van der Waals surface area contributed by atoms with Gasteiger partial charge in [0, 0.05) is 21.5 Å². The molecule has 4 heterocycles. The fourth-order valence-corrected chi connectivity index (χ4v) is 6.48. The van der Waals surface area contributed by atoms with E-state index in [9.17, 15) is 5.26 Å². The zero-order valence-corrected chi connectivity index (χ0v) is 22.2. The van der Waals surface area contributed by atoms with Crippen LogP contribution in [-0.2, 0) is 0 Å². The average Bonchev–Trinajstić information content (AvgIpc) is 3.63. The Hall–Kier alpha value is -5.99. The molecule has 0 aliphatic rings. The van der Waals surface area contributed by atoms with Crippen LogP contribution in [0, 0.1) is 11.3 Å². The highest BCUT2D eigenvalue weighted by Crippen LogP contribution is 2.39. The molecule has 0 unspecified atom stereocenters. The highest BCUT2D eigenvalue weighted by Gasteiger charge is 2.20. The van der Waals surface area contributed by atoms with Crippen molar-refractivity contribution in [3.63, 3.8) is 0 Å². The molecule has 0 radical (unpaired) electrons. The summed E-state index contributed by atoms with van der Waals surface area (Å²) in [6, 6.07) is 44.0. The Morgan fingerprint density at radius 3 is 1.93 bits per heavy atom. The van der Waals surface area contributed by atoms with E-state index in [1.54, 1.807) is 6.07 Å².